The molecule has 3 heteroatoms. The van der Waals surface area contributed by atoms with Gasteiger partial charge >= 0.3 is 0 Å². The van der Waals surface area contributed by atoms with Gasteiger partial charge in [-0.15, -0.1) is 0 Å². The summed E-state index contributed by atoms with van der Waals surface area (Å²) in [6, 6.07) is 13.6. The second-order valence-corrected chi connectivity index (χ2v) is 5.66. The molecule has 23 heavy (non-hydrogen) atoms. The predicted octanol–water partition coefficient (Wildman–Crippen LogP) is 4.32. The lowest BCUT2D eigenvalue weighted by atomic mass is 10.0. The fraction of sp³-hybridized carbons (Fsp3) is 0.100. The van der Waals surface area contributed by atoms with Gasteiger partial charge in [-0.05, 0) is 24.6 Å². The normalized spacial score (nSPS) is 12.1. The van der Waals surface area contributed by atoms with Gasteiger partial charge in [-0.1, -0.05) is 48.6 Å². The molecular formula is C20H15NO2. The van der Waals surface area contributed by atoms with Crippen molar-refractivity contribution in [1.29, 1.82) is 0 Å². The maximum Gasteiger partial charge on any atom is 0.223 e. The summed E-state index contributed by atoms with van der Waals surface area (Å²) in [7, 11) is 0. The third kappa shape index (κ3) is 1.97. The molecule has 0 unspecified atom stereocenters. The quantitative estimate of drug-likeness (QED) is 0.529. The van der Waals surface area contributed by atoms with Crippen LogP contribution in [0.4, 0.5) is 0 Å². The predicted molar refractivity (Wildman–Crippen MR) is 91.0 cm³/mol. The van der Waals surface area contributed by atoms with Crippen molar-refractivity contribution in [3.63, 3.8) is 0 Å². The summed E-state index contributed by atoms with van der Waals surface area (Å²) in [5, 5.41) is 0.868. The van der Waals surface area contributed by atoms with Gasteiger partial charge < -0.3 is 4.74 Å². The first-order valence-corrected chi connectivity index (χ1v) is 7.53. The summed E-state index contributed by atoms with van der Waals surface area (Å²) in [5.74, 6) is 0.537. The van der Waals surface area contributed by atoms with Crippen LogP contribution in [0.15, 0.2) is 55.1 Å². The van der Waals surface area contributed by atoms with Crippen molar-refractivity contribution in [2.45, 2.75) is 6.92 Å². The molecule has 1 aliphatic carbocycles. The van der Waals surface area contributed by atoms with Gasteiger partial charge in [-0.3, -0.25) is 4.79 Å². The Morgan fingerprint density at radius 2 is 1.96 bits per heavy atom. The van der Waals surface area contributed by atoms with E-state index in [-0.39, 0.29) is 5.78 Å². The first-order chi connectivity index (χ1) is 11.2. The summed E-state index contributed by atoms with van der Waals surface area (Å²) in [5.41, 5.74) is 4.94. The van der Waals surface area contributed by atoms with E-state index in [0.717, 1.165) is 33.2 Å². The average molecular weight is 301 g/mol. The van der Waals surface area contributed by atoms with Crippen molar-refractivity contribution in [2.75, 3.05) is 6.61 Å². The maximum absolute atomic E-state index is 13.0. The number of aromatic nitrogens is 1. The van der Waals surface area contributed by atoms with Crippen molar-refractivity contribution in [3.8, 4) is 17.0 Å². The third-order valence-electron chi connectivity index (χ3n) is 4.11. The van der Waals surface area contributed by atoms with Crippen LogP contribution >= 0.6 is 0 Å². The molecule has 0 fully saturated rings. The number of fused-ring (bicyclic) bond motifs is 5. The van der Waals surface area contributed by atoms with Gasteiger partial charge in [0.05, 0.1) is 11.1 Å². The van der Waals surface area contributed by atoms with Crippen LogP contribution in [0.5, 0.6) is 5.88 Å². The molecule has 0 N–H and O–H groups in total. The molecule has 0 radical (unpaired) electrons. The van der Waals surface area contributed by atoms with Crippen LogP contribution in [0.3, 0.4) is 0 Å². The lowest BCUT2D eigenvalue weighted by molar-refractivity contribution is 0.104. The highest BCUT2D eigenvalue weighted by Crippen LogP contribution is 2.45. The lowest BCUT2D eigenvalue weighted by Crippen LogP contribution is -2.01. The van der Waals surface area contributed by atoms with E-state index in [9.17, 15) is 4.79 Å². The maximum atomic E-state index is 13.0. The average Bonchev–Trinajstić information content (AvgIpc) is 2.86. The molecule has 0 saturated heterocycles. The zero-order chi connectivity index (χ0) is 16.0. The van der Waals surface area contributed by atoms with Crippen molar-refractivity contribution < 1.29 is 9.53 Å². The number of benzene rings is 2. The Labute approximate surface area is 134 Å². The number of para-hydroxylation sites is 1. The topological polar surface area (TPSA) is 39.2 Å². The molecule has 0 aliphatic heterocycles. The summed E-state index contributed by atoms with van der Waals surface area (Å²) < 4.78 is 5.76. The van der Waals surface area contributed by atoms with E-state index in [0.29, 0.717) is 18.1 Å². The number of nitrogens with zero attached hydrogens (tertiary/aromatic N) is 1. The first-order valence-electron chi connectivity index (χ1n) is 7.53. The van der Waals surface area contributed by atoms with Gasteiger partial charge in [0.25, 0.3) is 0 Å². The third-order valence-corrected chi connectivity index (χ3v) is 4.11. The SMILES string of the molecule is C=CCOc1nc2ccccc2c2c1-c1ccc(C)cc1C2=O. The van der Waals surface area contributed by atoms with Crippen LogP contribution in [-0.4, -0.2) is 17.4 Å². The van der Waals surface area contributed by atoms with Crippen LogP contribution in [0.1, 0.15) is 21.5 Å². The van der Waals surface area contributed by atoms with E-state index in [2.05, 4.69) is 11.6 Å². The smallest absolute Gasteiger partial charge is 0.223 e. The molecule has 4 rings (SSSR count). The molecule has 0 bridgehead atoms. The largest absolute Gasteiger partial charge is 0.473 e. The summed E-state index contributed by atoms with van der Waals surface area (Å²) in [4.78, 5) is 17.6. The summed E-state index contributed by atoms with van der Waals surface area (Å²) in [6.07, 6.45) is 1.68. The Morgan fingerprint density at radius 3 is 2.78 bits per heavy atom. The van der Waals surface area contributed by atoms with E-state index >= 15 is 0 Å². The number of rotatable bonds is 3. The minimum atomic E-state index is 0.0424. The molecule has 3 nitrogen and oxygen atoms in total. The molecule has 0 spiro atoms. The minimum absolute atomic E-state index is 0.0424. The number of carbonyl (C=O) groups excluding carboxylic acids is 1. The second kappa shape index (κ2) is 5.06. The Bertz CT molecular complexity index is 973. The van der Waals surface area contributed by atoms with E-state index in [1.165, 1.54) is 0 Å². The van der Waals surface area contributed by atoms with E-state index in [1.807, 2.05) is 49.4 Å². The molecule has 1 aliphatic rings. The zero-order valence-electron chi connectivity index (χ0n) is 12.8. The number of ketones is 1. The van der Waals surface area contributed by atoms with Crippen molar-refractivity contribution in [3.05, 3.63) is 71.8 Å². The Kier molecular flexibility index (Phi) is 3.01. The monoisotopic (exact) mass is 301 g/mol. The van der Waals surface area contributed by atoms with Gasteiger partial charge in [0.15, 0.2) is 5.78 Å². The van der Waals surface area contributed by atoms with Crippen LogP contribution in [0.2, 0.25) is 0 Å². The molecule has 3 aromatic rings. The van der Waals surface area contributed by atoms with Crippen LogP contribution in [0, 0.1) is 6.92 Å². The zero-order valence-corrected chi connectivity index (χ0v) is 12.8. The van der Waals surface area contributed by atoms with Crippen LogP contribution in [0.25, 0.3) is 22.0 Å². The van der Waals surface area contributed by atoms with Gasteiger partial charge in [0.1, 0.15) is 6.61 Å². The van der Waals surface area contributed by atoms with Gasteiger partial charge in [-0.2, -0.15) is 0 Å². The summed E-state index contributed by atoms with van der Waals surface area (Å²) >= 11 is 0. The number of pyridine rings is 1. The van der Waals surface area contributed by atoms with Crippen molar-refractivity contribution in [2.24, 2.45) is 0 Å². The number of carbonyl (C=O) groups is 1. The minimum Gasteiger partial charge on any atom is -0.473 e. The second-order valence-electron chi connectivity index (χ2n) is 5.66. The van der Waals surface area contributed by atoms with Gasteiger partial charge in [0.2, 0.25) is 5.88 Å². The van der Waals surface area contributed by atoms with Crippen LogP contribution < -0.4 is 4.74 Å². The highest BCUT2D eigenvalue weighted by Gasteiger charge is 2.32. The van der Waals surface area contributed by atoms with Crippen molar-refractivity contribution >= 4 is 16.7 Å². The number of hydrogen-bond acceptors (Lipinski definition) is 3. The molecule has 0 saturated carbocycles. The van der Waals surface area contributed by atoms with Gasteiger partial charge in [0, 0.05) is 16.5 Å². The van der Waals surface area contributed by atoms with E-state index in [1.54, 1.807) is 6.08 Å². The number of aryl methyl sites for hydroxylation is 1. The highest BCUT2D eigenvalue weighted by molar-refractivity contribution is 6.27. The van der Waals surface area contributed by atoms with E-state index < -0.39 is 0 Å². The summed E-state index contributed by atoms with van der Waals surface area (Å²) in [6.45, 7) is 6.03. The van der Waals surface area contributed by atoms with Crippen LogP contribution in [-0.2, 0) is 0 Å². The van der Waals surface area contributed by atoms with Gasteiger partial charge in [-0.25, -0.2) is 4.98 Å². The fourth-order valence-electron chi connectivity index (χ4n) is 3.12. The molecular weight excluding hydrogens is 286 g/mol. The fourth-order valence-corrected chi connectivity index (χ4v) is 3.12. The lowest BCUT2D eigenvalue weighted by Gasteiger charge is -2.11. The first kappa shape index (κ1) is 13.7. The molecule has 2 aromatic carbocycles. The Balaban J connectivity index is 2.09. The Morgan fingerprint density at radius 1 is 1.13 bits per heavy atom. The Hall–Kier alpha value is -2.94. The molecule has 0 atom stereocenters. The molecule has 112 valence electrons. The molecule has 0 amide bonds. The standard InChI is InChI=1S/C20H15NO2/c1-3-10-23-20-18-13-9-8-12(2)11-15(13)19(22)17(18)14-6-4-5-7-16(14)21-20/h3-9,11H,1,10H2,2H3. The van der Waals surface area contributed by atoms with E-state index in [4.69, 9.17) is 4.74 Å². The number of hydrogen-bond donors (Lipinski definition) is 0. The number of ether oxygens (including phenoxy) is 1. The van der Waals surface area contributed by atoms with Crippen molar-refractivity contribution in [1.82, 2.24) is 4.98 Å². The molecule has 1 heterocycles. The highest BCUT2D eigenvalue weighted by atomic mass is 16.5. The molecule has 1 aromatic heterocycles.